The Morgan fingerprint density at radius 3 is 2.83 bits per heavy atom. The summed E-state index contributed by atoms with van der Waals surface area (Å²) in [4.78, 5) is 47.8. The fourth-order valence-electron chi connectivity index (χ4n) is 3.02. The Bertz CT molecular complexity index is 723. The van der Waals surface area contributed by atoms with Crippen LogP contribution in [-0.2, 0) is 20.9 Å². The van der Waals surface area contributed by atoms with Crippen LogP contribution >= 0.6 is 0 Å². The average molecular weight is 312 g/mol. The van der Waals surface area contributed by atoms with E-state index >= 15 is 0 Å². The molecular formula is C17H16N2O4. The van der Waals surface area contributed by atoms with Gasteiger partial charge in [0.05, 0.1) is 0 Å². The molecule has 1 saturated heterocycles. The average Bonchev–Trinajstić information content (AvgIpc) is 2.86. The molecule has 6 heteroatoms. The van der Waals surface area contributed by atoms with E-state index in [-0.39, 0.29) is 18.2 Å². The smallest absolute Gasteiger partial charge is 0.255 e. The number of carbonyl (C=O) groups excluding carboxylic acids is 4. The SMILES string of the molecule is O=CC/C=C/c1cccc2c1CN(C1CCC(=O)NC1=O)C2=O. The molecule has 6 nitrogen and oxygen atoms in total. The van der Waals surface area contributed by atoms with Crippen LogP contribution < -0.4 is 5.32 Å². The van der Waals surface area contributed by atoms with Gasteiger partial charge in [-0.2, -0.15) is 0 Å². The molecule has 2 aliphatic rings. The Morgan fingerprint density at radius 1 is 1.26 bits per heavy atom. The number of piperidine rings is 1. The third-order valence-electron chi connectivity index (χ3n) is 4.15. The van der Waals surface area contributed by atoms with Crippen LogP contribution in [0.15, 0.2) is 24.3 Å². The van der Waals surface area contributed by atoms with Crippen LogP contribution in [0.2, 0.25) is 0 Å². The maximum Gasteiger partial charge on any atom is 0.255 e. The molecular weight excluding hydrogens is 296 g/mol. The Morgan fingerprint density at radius 2 is 2.09 bits per heavy atom. The summed E-state index contributed by atoms with van der Waals surface area (Å²) in [5, 5.41) is 2.29. The number of imide groups is 1. The third-order valence-corrected chi connectivity index (χ3v) is 4.15. The van der Waals surface area contributed by atoms with Crippen molar-refractivity contribution in [2.75, 3.05) is 0 Å². The van der Waals surface area contributed by atoms with Crippen LogP contribution in [0, 0.1) is 0 Å². The number of hydrogen-bond donors (Lipinski definition) is 1. The van der Waals surface area contributed by atoms with Gasteiger partial charge in [0.1, 0.15) is 12.3 Å². The number of aldehydes is 1. The van der Waals surface area contributed by atoms with Crippen molar-refractivity contribution in [3.63, 3.8) is 0 Å². The Balaban J connectivity index is 1.87. The topological polar surface area (TPSA) is 83.6 Å². The summed E-state index contributed by atoms with van der Waals surface area (Å²) in [5.74, 6) is -0.909. The van der Waals surface area contributed by atoms with Crippen LogP contribution in [0.25, 0.3) is 6.08 Å². The van der Waals surface area contributed by atoms with E-state index in [1.165, 1.54) is 4.90 Å². The van der Waals surface area contributed by atoms with Crippen molar-refractivity contribution in [3.05, 3.63) is 41.0 Å². The summed E-state index contributed by atoms with van der Waals surface area (Å²) in [7, 11) is 0. The van der Waals surface area contributed by atoms with Crippen LogP contribution in [0.5, 0.6) is 0 Å². The van der Waals surface area contributed by atoms with Crippen LogP contribution in [0.3, 0.4) is 0 Å². The summed E-state index contributed by atoms with van der Waals surface area (Å²) < 4.78 is 0. The van der Waals surface area contributed by atoms with Crippen LogP contribution in [-0.4, -0.2) is 34.9 Å². The molecule has 3 amide bonds. The highest BCUT2D eigenvalue weighted by Crippen LogP contribution is 2.30. The van der Waals surface area contributed by atoms with Crippen LogP contribution in [0.4, 0.5) is 0 Å². The maximum absolute atomic E-state index is 12.6. The van der Waals surface area contributed by atoms with E-state index in [9.17, 15) is 19.2 Å². The molecule has 1 fully saturated rings. The lowest BCUT2D eigenvalue weighted by atomic mass is 10.0. The Kier molecular flexibility index (Phi) is 4.06. The molecule has 1 N–H and O–H groups in total. The number of hydrogen-bond acceptors (Lipinski definition) is 4. The normalized spacial score (nSPS) is 20.8. The minimum Gasteiger partial charge on any atom is -0.322 e. The van der Waals surface area contributed by atoms with E-state index in [4.69, 9.17) is 0 Å². The Hall–Kier alpha value is -2.76. The molecule has 118 valence electrons. The summed E-state index contributed by atoms with van der Waals surface area (Å²) in [6.45, 7) is 0.335. The fraction of sp³-hybridized carbons (Fsp3) is 0.294. The maximum atomic E-state index is 12.6. The minimum absolute atomic E-state index is 0.194. The number of carbonyl (C=O) groups is 4. The first-order valence-corrected chi connectivity index (χ1v) is 7.48. The van der Waals surface area contributed by atoms with Crippen molar-refractivity contribution in [3.8, 4) is 0 Å². The third kappa shape index (κ3) is 2.79. The molecule has 0 spiro atoms. The van der Waals surface area contributed by atoms with Crippen molar-refractivity contribution < 1.29 is 19.2 Å². The molecule has 2 heterocycles. The summed E-state index contributed by atoms with van der Waals surface area (Å²) >= 11 is 0. The van der Waals surface area contributed by atoms with Gasteiger partial charge >= 0.3 is 0 Å². The van der Waals surface area contributed by atoms with E-state index in [1.54, 1.807) is 18.2 Å². The molecule has 0 aromatic heterocycles. The first-order valence-electron chi connectivity index (χ1n) is 7.48. The summed E-state index contributed by atoms with van der Waals surface area (Å²) in [6.07, 6.45) is 5.26. The van der Waals surface area contributed by atoms with E-state index in [2.05, 4.69) is 5.32 Å². The summed E-state index contributed by atoms with van der Waals surface area (Å²) in [6, 6.07) is 4.78. The van der Waals surface area contributed by atoms with Crippen molar-refractivity contribution in [1.82, 2.24) is 10.2 Å². The zero-order valence-corrected chi connectivity index (χ0v) is 12.5. The molecule has 0 radical (unpaired) electrons. The van der Waals surface area contributed by atoms with Gasteiger partial charge in [0.15, 0.2) is 0 Å². The van der Waals surface area contributed by atoms with Gasteiger partial charge in [-0.15, -0.1) is 0 Å². The minimum atomic E-state index is -0.612. The van der Waals surface area contributed by atoms with Gasteiger partial charge in [-0.1, -0.05) is 24.3 Å². The lowest BCUT2D eigenvalue weighted by Gasteiger charge is -2.29. The van der Waals surface area contributed by atoms with Gasteiger partial charge in [-0.05, 0) is 23.6 Å². The van der Waals surface area contributed by atoms with Gasteiger partial charge in [-0.25, -0.2) is 0 Å². The highest BCUT2D eigenvalue weighted by molar-refractivity contribution is 6.05. The number of allylic oxidation sites excluding steroid dienone is 1. The van der Waals surface area contributed by atoms with E-state index in [0.29, 0.717) is 24.9 Å². The summed E-state index contributed by atoms with van der Waals surface area (Å²) in [5.41, 5.74) is 2.29. The highest BCUT2D eigenvalue weighted by Gasteiger charge is 2.39. The predicted octanol–water partition coefficient (Wildman–Crippen LogP) is 1.05. The first kappa shape index (κ1) is 15.1. The molecule has 0 aliphatic carbocycles. The molecule has 23 heavy (non-hydrogen) atoms. The van der Waals surface area contributed by atoms with E-state index in [1.807, 2.05) is 12.1 Å². The second kappa shape index (κ2) is 6.16. The second-order valence-electron chi connectivity index (χ2n) is 5.58. The number of benzene rings is 1. The second-order valence-corrected chi connectivity index (χ2v) is 5.58. The van der Waals surface area contributed by atoms with E-state index < -0.39 is 11.9 Å². The van der Waals surface area contributed by atoms with Crippen molar-refractivity contribution in [1.29, 1.82) is 0 Å². The van der Waals surface area contributed by atoms with Crippen molar-refractivity contribution >= 4 is 30.1 Å². The van der Waals surface area contributed by atoms with Gasteiger partial charge in [0.25, 0.3) is 5.91 Å². The van der Waals surface area contributed by atoms with Gasteiger partial charge in [0.2, 0.25) is 11.8 Å². The quantitative estimate of drug-likeness (QED) is 0.665. The Labute approximate surface area is 133 Å². The fourth-order valence-corrected chi connectivity index (χ4v) is 3.02. The number of fused-ring (bicyclic) bond motifs is 1. The molecule has 1 aromatic carbocycles. The number of amides is 3. The molecule has 0 saturated carbocycles. The molecule has 1 aromatic rings. The monoisotopic (exact) mass is 312 g/mol. The lowest BCUT2D eigenvalue weighted by molar-refractivity contribution is -0.136. The number of nitrogens with one attached hydrogen (secondary N) is 1. The largest absolute Gasteiger partial charge is 0.322 e. The molecule has 0 bridgehead atoms. The number of rotatable bonds is 4. The molecule has 3 rings (SSSR count). The van der Waals surface area contributed by atoms with Crippen molar-refractivity contribution in [2.24, 2.45) is 0 Å². The van der Waals surface area contributed by atoms with E-state index in [0.717, 1.165) is 17.4 Å². The zero-order chi connectivity index (χ0) is 16.4. The first-order chi connectivity index (χ1) is 11.1. The number of nitrogens with zero attached hydrogens (tertiary/aromatic N) is 1. The van der Waals surface area contributed by atoms with Gasteiger partial charge in [-0.3, -0.25) is 19.7 Å². The molecule has 1 unspecified atom stereocenters. The van der Waals surface area contributed by atoms with Crippen molar-refractivity contribution in [2.45, 2.75) is 31.8 Å². The predicted molar refractivity (Wildman–Crippen MR) is 82.2 cm³/mol. The van der Waals surface area contributed by atoms with Crippen LogP contribution in [0.1, 0.15) is 40.7 Å². The standard InChI is InChI=1S/C17H16N2O4/c20-9-2-1-4-11-5-3-6-12-13(11)10-19(17(12)23)14-7-8-15(21)18-16(14)22/h1,3-6,9,14H,2,7-8,10H2,(H,18,21,22)/b4-1+. The lowest BCUT2D eigenvalue weighted by Crippen LogP contribution is -2.52. The zero-order valence-electron chi connectivity index (χ0n) is 12.5. The highest BCUT2D eigenvalue weighted by atomic mass is 16.2. The van der Waals surface area contributed by atoms with Gasteiger partial charge < -0.3 is 9.69 Å². The van der Waals surface area contributed by atoms with Gasteiger partial charge in [0, 0.05) is 24.9 Å². The molecule has 2 aliphatic heterocycles. The molecule has 1 atom stereocenters.